The van der Waals surface area contributed by atoms with Gasteiger partial charge in [0.15, 0.2) is 0 Å². The molecular formula is C16H28O2. The fourth-order valence-electron chi connectivity index (χ4n) is 4.62. The molecule has 1 aliphatic heterocycles. The van der Waals surface area contributed by atoms with E-state index in [1.165, 1.54) is 51.4 Å². The molecule has 3 atom stereocenters. The fraction of sp³-hybridized carbons (Fsp3) is 1.00. The van der Waals surface area contributed by atoms with E-state index in [4.69, 9.17) is 4.74 Å². The maximum Gasteiger partial charge on any atom is 0.0678 e. The molecule has 2 aliphatic carbocycles. The summed E-state index contributed by atoms with van der Waals surface area (Å²) in [4.78, 5) is 0. The van der Waals surface area contributed by atoms with Gasteiger partial charge >= 0.3 is 0 Å². The van der Waals surface area contributed by atoms with Crippen LogP contribution in [0.25, 0.3) is 0 Å². The van der Waals surface area contributed by atoms with E-state index in [2.05, 4.69) is 0 Å². The highest BCUT2D eigenvalue weighted by atomic mass is 16.5. The summed E-state index contributed by atoms with van der Waals surface area (Å²) in [6, 6.07) is 0. The summed E-state index contributed by atoms with van der Waals surface area (Å²) >= 11 is 0. The standard InChI is InChI=1S/C16H28O2/c17-16(12-14-4-5-15(16)11-14)8-2-1-3-13-6-9-18-10-7-13/h13-15,17H,1-12H2. The van der Waals surface area contributed by atoms with Gasteiger partial charge in [0.25, 0.3) is 0 Å². The molecule has 1 N–H and O–H groups in total. The Morgan fingerprint density at radius 1 is 1.06 bits per heavy atom. The molecule has 0 aromatic rings. The maximum atomic E-state index is 10.7. The van der Waals surface area contributed by atoms with E-state index in [0.717, 1.165) is 37.9 Å². The van der Waals surface area contributed by atoms with Gasteiger partial charge in [-0.3, -0.25) is 0 Å². The lowest BCUT2D eigenvalue weighted by Crippen LogP contribution is -2.34. The van der Waals surface area contributed by atoms with Crippen molar-refractivity contribution in [1.29, 1.82) is 0 Å². The van der Waals surface area contributed by atoms with Gasteiger partial charge in [0.05, 0.1) is 5.60 Å². The molecule has 18 heavy (non-hydrogen) atoms. The highest BCUT2D eigenvalue weighted by molar-refractivity contribution is 5.00. The molecule has 1 heterocycles. The Kier molecular flexibility index (Phi) is 3.95. The second kappa shape index (κ2) is 5.50. The van der Waals surface area contributed by atoms with Crippen molar-refractivity contribution >= 4 is 0 Å². The molecule has 3 aliphatic rings. The van der Waals surface area contributed by atoms with Gasteiger partial charge < -0.3 is 9.84 Å². The molecule has 0 aromatic heterocycles. The van der Waals surface area contributed by atoms with Crippen LogP contribution < -0.4 is 0 Å². The molecule has 3 unspecified atom stereocenters. The van der Waals surface area contributed by atoms with E-state index >= 15 is 0 Å². The van der Waals surface area contributed by atoms with Crippen molar-refractivity contribution in [2.45, 2.75) is 69.8 Å². The largest absolute Gasteiger partial charge is 0.390 e. The monoisotopic (exact) mass is 252 g/mol. The van der Waals surface area contributed by atoms with Crippen LogP contribution in [0.2, 0.25) is 0 Å². The first kappa shape index (κ1) is 12.9. The Morgan fingerprint density at radius 3 is 2.56 bits per heavy atom. The van der Waals surface area contributed by atoms with Crippen LogP contribution in [-0.2, 0) is 4.74 Å². The molecular weight excluding hydrogens is 224 g/mol. The van der Waals surface area contributed by atoms with Crippen LogP contribution in [-0.4, -0.2) is 23.9 Å². The SMILES string of the molecule is OC1(CCCCC2CCOCC2)CC2CCC1C2. The lowest BCUT2D eigenvalue weighted by atomic mass is 9.80. The topological polar surface area (TPSA) is 29.5 Å². The van der Waals surface area contributed by atoms with E-state index in [1.807, 2.05) is 0 Å². The van der Waals surface area contributed by atoms with Crippen molar-refractivity contribution < 1.29 is 9.84 Å². The van der Waals surface area contributed by atoms with Crippen molar-refractivity contribution in [2.24, 2.45) is 17.8 Å². The molecule has 0 amide bonds. The first-order chi connectivity index (χ1) is 8.76. The van der Waals surface area contributed by atoms with Crippen molar-refractivity contribution in [3.8, 4) is 0 Å². The quantitative estimate of drug-likeness (QED) is 0.759. The molecule has 3 rings (SSSR count). The van der Waals surface area contributed by atoms with Crippen molar-refractivity contribution in [1.82, 2.24) is 0 Å². The van der Waals surface area contributed by atoms with Crippen molar-refractivity contribution in [3.05, 3.63) is 0 Å². The van der Waals surface area contributed by atoms with Gasteiger partial charge in [-0.1, -0.05) is 19.3 Å². The van der Waals surface area contributed by atoms with Gasteiger partial charge in [-0.15, -0.1) is 0 Å². The number of aliphatic hydroxyl groups is 1. The zero-order valence-electron chi connectivity index (χ0n) is 11.6. The molecule has 0 aromatic carbocycles. The zero-order valence-corrected chi connectivity index (χ0v) is 11.6. The van der Waals surface area contributed by atoms with Crippen LogP contribution in [0.1, 0.15) is 64.2 Å². The van der Waals surface area contributed by atoms with Gasteiger partial charge in [-0.2, -0.15) is 0 Å². The number of fused-ring (bicyclic) bond motifs is 2. The highest BCUT2D eigenvalue weighted by Gasteiger charge is 2.49. The number of hydrogen-bond acceptors (Lipinski definition) is 2. The van der Waals surface area contributed by atoms with Crippen LogP contribution in [0, 0.1) is 17.8 Å². The molecule has 2 saturated carbocycles. The third-order valence-corrected chi connectivity index (χ3v) is 5.76. The summed E-state index contributed by atoms with van der Waals surface area (Å²) in [6.07, 6.45) is 12.6. The minimum absolute atomic E-state index is 0.265. The normalized spacial score (nSPS) is 40.5. The van der Waals surface area contributed by atoms with Gasteiger partial charge in [0, 0.05) is 13.2 Å². The summed E-state index contributed by atoms with van der Waals surface area (Å²) < 4.78 is 5.40. The van der Waals surface area contributed by atoms with Crippen LogP contribution in [0.5, 0.6) is 0 Å². The number of unbranched alkanes of at least 4 members (excludes halogenated alkanes) is 1. The highest BCUT2D eigenvalue weighted by Crippen LogP contribution is 2.52. The second-order valence-corrected chi connectivity index (χ2v) is 6.99. The Morgan fingerprint density at radius 2 is 1.89 bits per heavy atom. The Hall–Kier alpha value is -0.0800. The Bertz CT molecular complexity index is 272. The Balaban J connectivity index is 1.34. The lowest BCUT2D eigenvalue weighted by Gasteiger charge is -2.32. The van der Waals surface area contributed by atoms with Gasteiger partial charge in [-0.05, 0) is 62.7 Å². The third kappa shape index (κ3) is 2.75. The minimum Gasteiger partial charge on any atom is -0.390 e. The average Bonchev–Trinajstić information content (AvgIpc) is 2.96. The van der Waals surface area contributed by atoms with Gasteiger partial charge in [0.1, 0.15) is 0 Å². The van der Waals surface area contributed by atoms with Gasteiger partial charge in [0.2, 0.25) is 0 Å². The molecule has 2 nitrogen and oxygen atoms in total. The van der Waals surface area contributed by atoms with Crippen LogP contribution in [0.4, 0.5) is 0 Å². The van der Waals surface area contributed by atoms with Crippen LogP contribution >= 0.6 is 0 Å². The zero-order chi connectivity index (χ0) is 12.4. The average molecular weight is 252 g/mol. The molecule has 1 saturated heterocycles. The van der Waals surface area contributed by atoms with Gasteiger partial charge in [-0.25, -0.2) is 0 Å². The molecule has 104 valence electrons. The molecule has 3 fully saturated rings. The smallest absolute Gasteiger partial charge is 0.0678 e. The summed E-state index contributed by atoms with van der Waals surface area (Å²) in [5.74, 6) is 2.40. The Labute approximate surface area is 111 Å². The molecule has 2 bridgehead atoms. The van der Waals surface area contributed by atoms with E-state index in [0.29, 0.717) is 5.92 Å². The second-order valence-electron chi connectivity index (χ2n) is 6.99. The lowest BCUT2D eigenvalue weighted by molar-refractivity contribution is -0.0230. The third-order valence-electron chi connectivity index (χ3n) is 5.76. The van der Waals surface area contributed by atoms with Crippen molar-refractivity contribution in [2.75, 3.05) is 13.2 Å². The minimum atomic E-state index is -0.265. The predicted octanol–water partition coefficient (Wildman–Crippen LogP) is 3.52. The van der Waals surface area contributed by atoms with E-state index < -0.39 is 0 Å². The number of hydrogen-bond donors (Lipinski definition) is 1. The molecule has 0 spiro atoms. The number of ether oxygens (including phenoxy) is 1. The maximum absolute atomic E-state index is 10.7. The van der Waals surface area contributed by atoms with E-state index in [9.17, 15) is 5.11 Å². The molecule has 2 heteroatoms. The summed E-state index contributed by atoms with van der Waals surface area (Å²) in [5, 5.41) is 10.7. The summed E-state index contributed by atoms with van der Waals surface area (Å²) in [5.41, 5.74) is -0.265. The van der Waals surface area contributed by atoms with E-state index in [1.54, 1.807) is 0 Å². The fourth-order valence-corrected chi connectivity index (χ4v) is 4.62. The van der Waals surface area contributed by atoms with Crippen LogP contribution in [0.15, 0.2) is 0 Å². The summed E-state index contributed by atoms with van der Waals surface area (Å²) in [6.45, 7) is 1.94. The van der Waals surface area contributed by atoms with E-state index in [-0.39, 0.29) is 5.60 Å². The first-order valence-electron chi connectivity index (χ1n) is 8.06. The van der Waals surface area contributed by atoms with Crippen molar-refractivity contribution in [3.63, 3.8) is 0 Å². The molecule has 0 radical (unpaired) electrons. The van der Waals surface area contributed by atoms with Crippen LogP contribution in [0.3, 0.4) is 0 Å². The first-order valence-corrected chi connectivity index (χ1v) is 8.06. The summed E-state index contributed by atoms with van der Waals surface area (Å²) in [7, 11) is 0. The number of rotatable bonds is 5. The predicted molar refractivity (Wildman–Crippen MR) is 72.4 cm³/mol.